The monoisotopic (exact) mass is 193 g/mol. The van der Waals surface area contributed by atoms with Crippen LogP contribution < -0.4 is 5.32 Å². The van der Waals surface area contributed by atoms with Crippen molar-refractivity contribution in [2.24, 2.45) is 0 Å². The van der Waals surface area contributed by atoms with E-state index in [1.54, 1.807) is 6.92 Å². The lowest BCUT2D eigenvalue weighted by Gasteiger charge is -2.05. The molecule has 2 N–H and O–H groups in total. The Hall–Kier alpha value is -0.280. The van der Waals surface area contributed by atoms with Gasteiger partial charge in [-0.15, -0.1) is 11.6 Å². The van der Waals surface area contributed by atoms with Crippen molar-refractivity contribution in [2.45, 2.75) is 32.3 Å². The highest BCUT2D eigenvalue weighted by Gasteiger charge is 2.01. The molecule has 0 aliphatic heterocycles. The third-order valence-electron chi connectivity index (χ3n) is 1.38. The van der Waals surface area contributed by atoms with Crippen molar-refractivity contribution >= 4 is 17.5 Å². The molecule has 0 aromatic rings. The summed E-state index contributed by atoms with van der Waals surface area (Å²) < 4.78 is 0. The molecule has 0 fully saturated rings. The summed E-state index contributed by atoms with van der Waals surface area (Å²) in [6.07, 6.45) is 1.71. The molecule has 0 radical (unpaired) electrons. The molecular weight excluding hydrogens is 178 g/mol. The van der Waals surface area contributed by atoms with Gasteiger partial charge < -0.3 is 10.4 Å². The number of rotatable bonds is 6. The standard InChI is InChI=1S/C8H16ClNO2/c1-7(11)6-10-8(12)4-2-3-5-9/h7,11H,2-6H2,1H3,(H,10,12). The molecule has 0 saturated heterocycles. The SMILES string of the molecule is CC(O)CNC(=O)CCCCCl. The Morgan fingerprint density at radius 3 is 2.75 bits per heavy atom. The van der Waals surface area contributed by atoms with Crippen molar-refractivity contribution in [3.63, 3.8) is 0 Å². The van der Waals surface area contributed by atoms with Crippen LogP contribution in [0.25, 0.3) is 0 Å². The van der Waals surface area contributed by atoms with Gasteiger partial charge in [-0.05, 0) is 19.8 Å². The first-order valence-corrected chi connectivity index (χ1v) is 4.71. The summed E-state index contributed by atoms with van der Waals surface area (Å²) in [5.74, 6) is 0.588. The minimum Gasteiger partial charge on any atom is -0.392 e. The quantitative estimate of drug-likeness (QED) is 0.486. The average molecular weight is 194 g/mol. The van der Waals surface area contributed by atoms with Crippen LogP contribution in [-0.4, -0.2) is 29.5 Å². The van der Waals surface area contributed by atoms with E-state index in [0.29, 0.717) is 18.8 Å². The third-order valence-corrected chi connectivity index (χ3v) is 1.65. The number of carbonyl (C=O) groups excluding carboxylic acids is 1. The first kappa shape index (κ1) is 11.7. The first-order chi connectivity index (χ1) is 5.66. The van der Waals surface area contributed by atoms with E-state index in [1.165, 1.54) is 0 Å². The number of aliphatic hydroxyl groups is 1. The maximum Gasteiger partial charge on any atom is 0.220 e. The van der Waals surface area contributed by atoms with Gasteiger partial charge in [0.05, 0.1) is 6.10 Å². The predicted molar refractivity (Wildman–Crippen MR) is 49.3 cm³/mol. The van der Waals surface area contributed by atoms with Crippen LogP contribution in [0.2, 0.25) is 0 Å². The fourth-order valence-corrected chi connectivity index (χ4v) is 0.919. The molecule has 1 atom stereocenters. The fraction of sp³-hybridized carbons (Fsp3) is 0.875. The van der Waals surface area contributed by atoms with Crippen LogP contribution in [0.5, 0.6) is 0 Å². The van der Waals surface area contributed by atoms with E-state index in [4.69, 9.17) is 16.7 Å². The van der Waals surface area contributed by atoms with E-state index >= 15 is 0 Å². The number of nitrogens with one attached hydrogen (secondary N) is 1. The van der Waals surface area contributed by atoms with Gasteiger partial charge in [0.2, 0.25) is 5.91 Å². The molecule has 0 aliphatic carbocycles. The van der Waals surface area contributed by atoms with Crippen LogP contribution in [0.15, 0.2) is 0 Å². The minimum absolute atomic E-state index is 0.0129. The Balaban J connectivity index is 3.22. The molecule has 0 heterocycles. The van der Waals surface area contributed by atoms with E-state index in [0.717, 1.165) is 12.8 Å². The Morgan fingerprint density at radius 1 is 1.58 bits per heavy atom. The van der Waals surface area contributed by atoms with E-state index in [9.17, 15) is 4.79 Å². The van der Waals surface area contributed by atoms with Crippen molar-refractivity contribution in [2.75, 3.05) is 12.4 Å². The first-order valence-electron chi connectivity index (χ1n) is 4.17. The van der Waals surface area contributed by atoms with Gasteiger partial charge >= 0.3 is 0 Å². The van der Waals surface area contributed by atoms with E-state index in [2.05, 4.69) is 5.32 Å². The highest BCUT2D eigenvalue weighted by atomic mass is 35.5. The largest absolute Gasteiger partial charge is 0.392 e. The zero-order valence-corrected chi connectivity index (χ0v) is 8.10. The molecule has 0 rings (SSSR count). The van der Waals surface area contributed by atoms with Crippen LogP contribution >= 0.6 is 11.6 Å². The number of halogens is 1. The Kier molecular flexibility index (Phi) is 7.20. The molecule has 1 amide bonds. The maximum atomic E-state index is 11.0. The lowest BCUT2D eigenvalue weighted by atomic mass is 10.2. The number of unbranched alkanes of at least 4 members (excludes halogenated alkanes) is 1. The van der Waals surface area contributed by atoms with Crippen LogP contribution in [0, 0.1) is 0 Å². The second-order valence-corrected chi connectivity index (χ2v) is 3.18. The van der Waals surface area contributed by atoms with Gasteiger partial charge in [0.25, 0.3) is 0 Å². The summed E-state index contributed by atoms with van der Waals surface area (Å²) in [7, 11) is 0. The lowest BCUT2D eigenvalue weighted by molar-refractivity contribution is -0.121. The molecule has 0 aromatic carbocycles. The number of hydrogen-bond acceptors (Lipinski definition) is 2. The van der Waals surface area contributed by atoms with Crippen LogP contribution in [0.1, 0.15) is 26.2 Å². The van der Waals surface area contributed by atoms with Gasteiger partial charge in [0.1, 0.15) is 0 Å². The van der Waals surface area contributed by atoms with Gasteiger partial charge in [0.15, 0.2) is 0 Å². The van der Waals surface area contributed by atoms with E-state index in [1.807, 2.05) is 0 Å². The van der Waals surface area contributed by atoms with Crippen molar-refractivity contribution in [3.8, 4) is 0 Å². The smallest absolute Gasteiger partial charge is 0.220 e. The van der Waals surface area contributed by atoms with Gasteiger partial charge in [-0.25, -0.2) is 0 Å². The third kappa shape index (κ3) is 7.82. The van der Waals surface area contributed by atoms with Crippen molar-refractivity contribution in [1.82, 2.24) is 5.32 Å². The Morgan fingerprint density at radius 2 is 2.25 bits per heavy atom. The van der Waals surface area contributed by atoms with Crippen molar-refractivity contribution in [3.05, 3.63) is 0 Å². The van der Waals surface area contributed by atoms with Crippen LogP contribution in [0.4, 0.5) is 0 Å². The molecule has 0 aliphatic rings. The van der Waals surface area contributed by atoms with Crippen LogP contribution in [0.3, 0.4) is 0 Å². The summed E-state index contributed by atoms with van der Waals surface area (Å²) in [6.45, 7) is 1.97. The molecule has 3 nitrogen and oxygen atoms in total. The molecule has 0 spiro atoms. The number of amides is 1. The van der Waals surface area contributed by atoms with Gasteiger partial charge in [0, 0.05) is 18.8 Å². The molecule has 0 bridgehead atoms. The summed E-state index contributed by atoms with van der Waals surface area (Å²) >= 11 is 5.44. The lowest BCUT2D eigenvalue weighted by Crippen LogP contribution is -2.30. The second-order valence-electron chi connectivity index (χ2n) is 2.80. The number of hydrogen-bond donors (Lipinski definition) is 2. The molecule has 1 unspecified atom stereocenters. The Labute approximate surface area is 78.1 Å². The number of alkyl halides is 1. The minimum atomic E-state index is -0.470. The molecule has 0 saturated carbocycles. The zero-order chi connectivity index (χ0) is 9.40. The zero-order valence-electron chi connectivity index (χ0n) is 7.35. The maximum absolute atomic E-state index is 11.0. The normalized spacial score (nSPS) is 12.6. The van der Waals surface area contributed by atoms with Crippen molar-refractivity contribution in [1.29, 1.82) is 0 Å². The average Bonchev–Trinajstić information content (AvgIpc) is 2.01. The summed E-state index contributed by atoms with van der Waals surface area (Å²) in [5, 5.41) is 11.4. The topological polar surface area (TPSA) is 49.3 Å². The molecule has 72 valence electrons. The van der Waals surface area contributed by atoms with E-state index in [-0.39, 0.29) is 5.91 Å². The second kappa shape index (κ2) is 7.37. The van der Waals surface area contributed by atoms with Crippen LogP contribution in [-0.2, 0) is 4.79 Å². The molecule has 12 heavy (non-hydrogen) atoms. The summed E-state index contributed by atoms with van der Waals surface area (Å²) in [6, 6.07) is 0. The van der Waals surface area contributed by atoms with Gasteiger partial charge in [-0.2, -0.15) is 0 Å². The molecule has 4 heteroatoms. The molecule has 0 aromatic heterocycles. The highest BCUT2D eigenvalue weighted by Crippen LogP contribution is 1.96. The fourth-order valence-electron chi connectivity index (χ4n) is 0.730. The van der Waals surface area contributed by atoms with E-state index < -0.39 is 6.10 Å². The summed E-state index contributed by atoms with van der Waals surface area (Å²) in [4.78, 5) is 11.0. The number of aliphatic hydroxyl groups excluding tert-OH is 1. The molecular formula is C8H16ClNO2. The summed E-state index contributed by atoms with van der Waals surface area (Å²) in [5.41, 5.74) is 0. The Bertz CT molecular complexity index is 128. The van der Waals surface area contributed by atoms with Gasteiger partial charge in [-0.3, -0.25) is 4.79 Å². The van der Waals surface area contributed by atoms with Gasteiger partial charge in [-0.1, -0.05) is 0 Å². The highest BCUT2D eigenvalue weighted by molar-refractivity contribution is 6.17. The number of carbonyl (C=O) groups is 1. The predicted octanol–water partition coefficient (Wildman–Crippen LogP) is 0.892. The van der Waals surface area contributed by atoms with Crippen molar-refractivity contribution < 1.29 is 9.90 Å².